The maximum absolute atomic E-state index is 11.0. The minimum Gasteiger partial charge on any atom is -0.494 e. The van der Waals surface area contributed by atoms with E-state index in [9.17, 15) is 9.90 Å². The molecule has 0 unspecified atom stereocenters. The number of benzene rings is 1. The molecule has 0 aliphatic carbocycles. The highest BCUT2D eigenvalue weighted by Crippen LogP contribution is 2.26. The first-order valence-electron chi connectivity index (χ1n) is 9.44. The summed E-state index contributed by atoms with van der Waals surface area (Å²) in [6, 6.07) is 3.79. The Morgan fingerprint density at radius 3 is 2.58 bits per heavy atom. The second-order valence-electron chi connectivity index (χ2n) is 7.00. The smallest absolute Gasteiger partial charge is 0.338 e. The zero-order valence-electron chi connectivity index (χ0n) is 16.8. The summed E-state index contributed by atoms with van der Waals surface area (Å²) in [4.78, 5) is 19.4. The largest absolute Gasteiger partial charge is 0.494 e. The van der Waals surface area contributed by atoms with E-state index in [0.717, 1.165) is 21.9 Å². The Hall–Kier alpha value is -3.66. The number of hydrogen-bond acceptors (Lipinski definition) is 7. The molecule has 0 aliphatic heterocycles. The topological polar surface area (TPSA) is 128 Å². The summed E-state index contributed by atoms with van der Waals surface area (Å²) in [7, 11) is 0. The molecule has 31 heavy (non-hydrogen) atoms. The second kappa shape index (κ2) is 8.23. The van der Waals surface area contributed by atoms with E-state index >= 15 is 0 Å². The predicted molar refractivity (Wildman–Crippen MR) is 112 cm³/mol. The van der Waals surface area contributed by atoms with Crippen molar-refractivity contribution in [1.29, 1.82) is 0 Å². The molecule has 0 saturated heterocycles. The molecule has 10 nitrogen and oxygen atoms in total. The monoisotopic (exact) mass is 442 g/mol. The number of carbonyl (C=O) groups is 1. The van der Waals surface area contributed by atoms with Gasteiger partial charge >= 0.3 is 5.97 Å². The molecular weight excluding hydrogens is 424 g/mol. The summed E-state index contributed by atoms with van der Waals surface area (Å²) in [5.41, 5.74) is 2.71. The van der Waals surface area contributed by atoms with Crippen molar-refractivity contribution >= 4 is 28.6 Å². The number of aryl methyl sites for hydroxylation is 3. The Kier molecular flexibility index (Phi) is 5.47. The van der Waals surface area contributed by atoms with Crippen molar-refractivity contribution < 1.29 is 19.7 Å². The summed E-state index contributed by atoms with van der Waals surface area (Å²) in [6.07, 6.45) is 4.60. The lowest BCUT2D eigenvalue weighted by Crippen LogP contribution is -2.07. The second-order valence-corrected chi connectivity index (χ2v) is 7.38. The molecule has 4 aromatic rings. The number of fused-ring (bicyclic) bond motifs is 1. The van der Waals surface area contributed by atoms with Crippen molar-refractivity contribution in [3.63, 3.8) is 0 Å². The van der Waals surface area contributed by atoms with Gasteiger partial charge in [0.1, 0.15) is 16.8 Å². The van der Waals surface area contributed by atoms with Crippen LogP contribution >= 0.6 is 11.6 Å². The molecule has 1 aromatic carbocycles. The average Bonchev–Trinajstić information content (AvgIpc) is 3.37. The molecular formula is C20H19ClN6O4. The van der Waals surface area contributed by atoms with Crippen LogP contribution in [0.4, 0.5) is 0 Å². The van der Waals surface area contributed by atoms with Crippen molar-refractivity contribution in [2.75, 3.05) is 6.61 Å². The third kappa shape index (κ3) is 4.15. The molecule has 2 N–H and O–H groups in total. The number of aromatic carboxylic acids is 1. The fourth-order valence-corrected chi connectivity index (χ4v) is 3.29. The number of ether oxygens (including phenoxy) is 1. The highest BCUT2D eigenvalue weighted by Gasteiger charge is 2.16. The van der Waals surface area contributed by atoms with Gasteiger partial charge in [-0.25, -0.2) is 14.5 Å². The first-order chi connectivity index (χ1) is 14.8. The number of nitrogens with zero attached hydrogens (tertiary/aromatic N) is 6. The van der Waals surface area contributed by atoms with Gasteiger partial charge in [0.25, 0.3) is 5.95 Å². The van der Waals surface area contributed by atoms with Crippen molar-refractivity contribution in [2.45, 2.75) is 26.8 Å². The molecule has 11 heteroatoms. The van der Waals surface area contributed by atoms with Crippen molar-refractivity contribution in [2.24, 2.45) is 0 Å². The highest BCUT2D eigenvalue weighted by atomic mass is 35.5. The molecule has 0 aliphatic rings. The van der Waals surface area contributed by atoms with Crippen LogP contribution in [0, 0.1) is 13.8 Å². The zero-order valence-corrected chi connectivity index (χ0v) is 17.5. The van der Waals surface area contributed by atoms with E-state index in [1.165, 1.54) is 23.3 Å². The van der Waals surface area contributed by atoms with Crippen LogP contribution in [0.15, 0.2) is 30.7 Å². The Bertz CT molecular complexity index is 1260. The normalized spacial score (nSPS) is 11.2. The van der Waals surface area contributed by atoms with Crippen LogP contribution in [-0.4, -0.2) is 52.3 Å². The summed E-state index contributed by atoms with van der Waals surface area (Å²) in [6.45, 7) is 4.80. The summed E-state index contributed by atoms with van der Waals surface area (Å²) in [5, 5.41) is 28.3. The van der Waals surface area contributed by atoms with Crippen LogP contribution in [0.3, 0.4) is 0 Å². The average molecular weight is 443 g/mol. The fraction of sp³-hybridized carbons (Fsp3) is 0.250. The third-order valence-corrected chi connectivity index (χ3v) is 5.28. The number of rotatable bonds is 7. The predicted octanol–water partition coefficient (Wildman–Crippen LogP) is 3.16. The highest BCUT2D eigenvalue weighted by molar-refractivity contribution is 6.32. The van der Waals surface area contributed by atoms with Crippen molar-refractivity contribution in [3.05, 3.63) is 52.4 Å². The van der Waals surface area contributed by atoms with Gasteiger partial charge in [-0.05, 0) is 37.1 Å². The fourth-order valence-electron chi connectivity index (χ4n) is 3.18. The number of halogens is 1. The lowest BCUT2D eigenvalue weighted by molar-refractivity contribution is 0.0697. The Morgan fingerprint density at radius 1 is 1.16 bits per heavy atom. The van der Waals surface area contributed by atoms with E-state index in [0.29, 0.717) is 30.6 Å². The Labute approximate surface area is 181 Å². The van der Waals surface area contributed by atoms with E-state index in [-0.39, 0.29) is 17.4 Å². The van der Waals surface area contributed by atoms with Crippen LogP contribution in [0.5, 0.6) is 11.6 Å². The first kappa shape index (κ1) is 20.6. The van der Waals surface area contributed by atoms with Crippen LogP contribution in [0.1, 0.15) is 27.9 Å². The molecule has 0 saturated carbocycles. The van der Waals surface area contributed by atoms with E-state index < -0.39 is 5.97 Å². The molecule has 0 radical (unpaired) electrons. The van der Waals surface area contributed by atoms with Crippen LogP contribution in [0.2, 0.25) is 5.02 Å². The maximum Gasteiger partial charge on any atom is 0.338 e. The number of carboxylic acids is 1. The number of carboxylic acid groups (broad SMARTS) is 1. The molecule has 0 fully saturated rings. The Balaban J connectivity index is 1.46. The van der Waals surface area contributed by atoms with Gasteiger partial charge in [-0.2, -0.15) is 15.2 Å². The lowest BCUT2D eigenvalue weighted by Gasteiger charge is -2.10. The van der Waals surface area contributed by atoms with E-state index in [4.69, 9.17) is 21.4 Å². The number of aromatic nitrogens is 6. The molecule has 160 valence electrons. The molecule has 0 amide bonds. The first-order valence-corrected chi connectivity index (χ1v) is 9.81. The summed E-state index contributed by atoms with van der Waals surface area (Å²) >= 11 is 6.18. The van der Waals surface area contributed by atoms with Gasteiger partial charge in [0.15, 0.2) is 0 Å². The van der Waals surface area contributed by atoms with E-state index in [1.807, 2.05) is 26.0 Å². The van der Waals surface area contributed by atoms with Gasteiger partial charge in [-0.1, -0.05) is 11.6 Å². The standard InChI is InChI=1S/C20H19ClN6O4/c1-11-6-14(7-12(2)16(11)21)31-5-3-4-26-17-15(9-23-26)24-20(25-18(17)28)27-10-13(8-22-27)19(29)30/h6-10H,3-5H2,1-2H3,(H,29,30)(H,24,25,28). The lowest BCUT2D eigenvalue weighted by atomic mass is 10.1. The minimum atomic E-state index is -1.12. The van der Waals surface area contributed by atoms with Crippen molar-refractivity contribution in [1.82, 2.24) is 29.5 Å². The number of hydrogen-bond donors (Lipinski definition) is 2. The van der Waals surface area contributed by atoms with Gasteiger partial charge in [-0.15, -0.1) is 0 Å². The zero-order chi connectivity index (χ0) is 22.1. The van der Waals surface area contributed by atoms with Gasteiger partial charge in [-0.3, -0.25) is 4.68 Å². The van der Waals surface area contributed by atoms with E-state index in [1.54, 1.807) is 4.68 Å². The van der Waals surface area contributed by atoms with Crippen molar-refractivity contribution in [3.8, 4) is 17.6 Å². The molecule has 3 aromatic heterocycles. The number of aromatic hydroxyl groups is 1. The minimum absolute atomic E-state index is 0.00930. The molecule has 4 rings (SSSR count). The maximum atomic E-state index is 11.0. The van der Waals surface area contributed by atoms with Gasteiger partial charge in [0.05, 0.1) is 24.6 Å². The molecule has 0 atom stereocenters. The van der Waals surface area contributed by atoms with E-state index in [2.05, 4.69) is 20.2 Å². The quantitative estimate of drug-likeness (QED) is 0.417. The molecule has 3 heterocycles. The SMILES string of the molecule is Cc1cc(OCCCn2ncc3nc(-n4cc(C(=O)O)cn4)nc(O)c32)cc(C)c1Cl. The summed E-state index contributed by atoms with van der Waals surface area (Å²) in [5.74, 6) is -0.584. The van der Waals surface area contributed by atoms with Crippen LogP contribution < -0.4 is 4.74 Å². The summed E-state index contributed by atoms with van der Waals surface area (Å²) < 4.78 is 8.59. The van der Waals surface area contributed by atoms with Gasteiger partial charge < -0.3 is 14.9 Å². The van der Waals surface area contributed by atoms with Gasteiger partial charge in [0.2, 0.25) is 5.88 Å². The van der Waals surface area contributed by atoms with Gasteiger partial charge in [0, 0.05) is 24.2 Å². The van der Waals surface area contributed by atoms with Crippen LogP contribution in [-0.2, 0) is 6.54 Å². The van der Waals surface area contributed by atoms with Crippen LogP contribution in [0.25, 0.3) is 17.0 Å². The third-order valence-electron chi connectivity index (χ3n) is 4.69. The molecule has 0 bridgehead atoms. The Morgan fingerprint density at radius 2 is 1.90 bits per heavy atom. The molecule has 0 spiro atoms.